The summed E-state index contributed by atoms with van der Waals surface area (Å²) in [5, 5.41) is 5.76. The van der Waals surface area contributed by atoms with E-state index in [9.17, 15) is 8.42 Å². The largest absolute Gasteiger partial charge is 0.296 e. The first-order valence-electron chi connectivity index (χ1n) is 9.44. The maximum atomic E-state index is 12.0. The number of halogens is 2. The molecule has 1 aromatic carbocycles. The first-order chi connectivity index (χ1) is 13.8. The second-order valence-electron chi connectivity index (χ2n) is 7.14. The summed E-state index contributed by atoms with van der Waals surface area (Å²) in [7, 11) is -2.97. The van der Waals surface area contributed by atoms with E-state index in [2.05, 4.69) is 18.4 Å². The maximum Gasteiger partial charge on any atom is 0.199 e. The predicted octanol–water partition coefficient (Wildman–Crippen LogP) is 4.43. The van der Waals surface area contributed by atoms with E-state index in [0.717, 1.165) is 18.5 Å². The van der Waals surface area contributed by atoms with Crippen molar-refractivity contribution in [2.45, 2.75) is 39.0 Å². The van der Waals surface area contributed by atoms with Gasteiger partial charge in [-0.1, -0.05) is 36.2 Å². The zero-order valence-corrected chi connectivity index (χ0v) is 19.4. The lowest BCUT2D eigenvalue weighted by Gasteiger charge is -2.27. The highest BCUT2D eigenvalue weighted by Crippen LogP contribution is 2.30. The molecule has 3 rings (SSSR count). The molecular formula is C19H24Cl2N4O2S2. The lowest BCUT2D eigenvalue weighted by atomic mass is 10.2. The van der Waals surface area contributed by atoms with Gasteiger partial charge in [0.15, 0.2) is 20.4 Å². The van der Waals surface area contributed by atoms with Crippen molar-refractivity contribution in [3.05, 3.63) is 45.7 Å². The van der Waals surface area contributed by atoms with Crippen LogP contribution < -0.4 is 0 Å². The van der Waals surface area contributed by atoms with Crippen molar-refractivity contribution in [1.82, 2.24) is 19.2 Å². The molecule has 0 amide bonds. The van der Waals surface area contributed by atoms with Crippen LogP contribution >= 0.6 is 35.4 Å². The fraction of sp³-hybridized carbons (Fsp3) is 0.474. The molecule has 1 aliphatic heterocycles. The van der Waals surface area contributed by atoms with Crippen molar-refractivity contribution >= 4 is 45.3 Å². The van der Waals surface area contributed by atoms with E-state index in [1.54, 1.807) is 22.9 Å². The Morgan fingerprint density at radius 2 is 2.17 bits per heavy atom. The van der Waals surface area contributed by atoms with E-state index in [1.807, 2.05) is 10.6 Å². The number of aromatic nitrogens is 3. The molecule has 0 unspecified atom stereocenters. The fourth-order valence-electron chi connectivity index (χ4n) is 3.59. The minimum atomic E-state index is -2.97. The van der Waals surface area contributed by atoms with E-state index < -0.39 is 9.84 Å². The van der Waals surface area contributed by atoms with E-state index in [1.165, 1.54) is 0 Å². The second-order valence-corrected chi connectivity index (χ2v) is 10.6. The average molecular weight is 475 g/mol. The number of sulfone groups is 1. The monoisotopic (exact) mass is 474 g/mol. The van der Waals surface area contributed by atoms with Crippen LogP contribution in [-0.2, 0) is 23.1 Å². The van der Waals surface area contributed by atoms with Crippen LogP contribution in [0.15, 0.2) is 30.9 Å². The van der Waals surface area contributed by atoms with Gasteiger partial charge in [-0.2, -0.15) is 5.10 Å². The lowest BCUT2D eigenvalue weighted by molar-refractivity contribution is 0.155. The van der Waals surface area contributed by atoms with Crippen LogP contribution in [0.25, 0.3) is 11.4 Å². The second kappa shape index (κ2) is 9.31. The topological polar surface area (TPSA) is 60.1 Å². The first-order valence-corrected chi connectivity index (χ1v) is 12.4. The summed E-state index contributed by atoms with van der Waals surface area (Å²) in [5.41, 5.74) is 0.730. The number of hydrogen-bond acceptors (Lipinski definition) is 5. The molecule has 0 saturated carbocycles. The smallest absolute Gasteiger partial charge is 0.199 e. The summed E-state index contributed by atoms with van der Waals surface area (Å²) < 4.78 is 28.0. The van der Waals surface area contributed by atoms with Gasteiger partial charge in [-0.05, 0) is 49.8 Å². The molecule has 2 heterocycles. The van der Waals surface area contributed by atoms with Crippen LogP contribution in [0.3, 0.4) is 0 Å². The Labute approximate surface area is 186 Å². The Balaban J connectivity index is 1.98. The molecule has 158 valence electrons. The molecule has 0 bridgehead atoms. The molecule has 1 aliphatic rings. The molecule has 2 aromatic rings. The minimum absolute atomic E-state index is 0.0195. The summed E-state index contributed by atoms with van der Waals surface area (Å²) >= 11 is 18.1. The Morgan fingerprint density at radius 1 is 1.41 bits per heavy atom. The van der Waals surface area contributed by atoms with Gasteiger partial charge in [-0.3, -0.25) is 9.47 Å². The number of nitrogens with zero attached hydrogens (tertiary/aromatic N) is 4. The highest BCUT2D eigenvalue weighted by molar-refractivity contribution is 7.91. The molecule has 1 aromatic heterocycles. The molecule has 0 aliphatic carbocycles. The van der Waals surface area contributed by atoms with Crippen molar-refractivity contribution < 1.29 is 8.42 Å². The Kier molecular flexibility index (Phi) is 7.22. The third-order valence-electron chi connectivity index (χ3n) is 4.96. The van der Waals surface area contributed by atoms with Crippen LogP contribution in [0.2, 0.25) is 10.0 Å². The maximum absolute atomic E-state index is 12.0. The average Bonchev–Trinajstić information content (AvgIpc) is 3.16. The van der Waals surface area contributed by atoms with Crippen molar-refractivity contribution in [1.29, 1.82) is 0 Å². The van der Waals surface area contributed by atoms with Crippen LogP contribution in [0.4, 0.5) is 0 Å². The lowest BCUT2D eigenvalue weighted by Crippen LogP contribution is -2.38. The van der Waals surface area contributed by atoms with Gasteiger partial charge in [-0.15, -0.1) is 6.58 Å². The van der Waals surface area contributed by atoms with E-state index in [0.29, 0.717) is 40.3 Å². The Morgan fingerprint density at radius 3 is 2.76 bits per heavy atom. The zero-order valence-electron chi connectivity index (χ0n) is 16.2. The summed E-state index contributed by atoms with van der Waals surface area (Å²) in [5.74, 6) is 1.05. The van der Waals surface area contributed by atoms with Crippen molar-refractivity contribution in [2.24, 2.45) is 0 Å². The number of hydrogen-bond donors (Lipinski definition) is 0. The van der Waals surface area contributed by atoms with E-state index in [4.69, 9.17) is 40.5 Å². The van der Waals surface area contributed by atoms with Crippen LogP contribution in [0, 0.1) is 4.77 Å². The Bertz CT molecular complexity index is 1060. The summed E-state index contributed by atoms with van der Waals surface area (Å²) in [6.07, 6.45) is 3.30. The van der Waals surface area contributed by atoms with E-state index >= 15 is 0 Å². The predicted molar refractivity (Wildman–Crippen MR) is 121 cm³/mol. The standard InChI is InChI=1S/C19H24Cl2N4O2S2/c1-3-8-23(15-7-10-29(26,27)12-15)13-25-19(28)24(9-4-2)18(22-25)16-6-5-14(20)11-17(16)21/h4-6,11,15H,2-3,7-10,12-13H2,1H3/t15-/m1/s1. The molecule has 1 fully saturated rings. The van der Waals surface area contributed by atoms with Gasteiger partial charge in [0.05, 0.1) is 23.2 Å². The molecule has 0 N–H and O–H groups in total. The zero-order chi connectivity index (χ0) is 21.2. The van der Waals surface area contributed by atoms with Gasteiger partial charge < -0.3 is 0 Å². The van der Waals surface area contributed by atoms with Gasteiger partial charge in [0, 0.05) is 23.2 Å². The Hall–Kier alpha value is -1.19. The SMILES string of the molecule is C=CCn1c(-c2ccc(Cl)cc2Cl)nn(CN(CCC)[C@@H]2CCS(=O)(=O)C2)c1=S. The van der Waals surface area contributed by atoms with Gasteiger partial charge in [0.2, 0.25) is 0 Å². The van der Waals surface area contributed by atoms with Gasteiger partial charge in [0.25, 0.3) is 0 Å². The van der Waals surface area contributed by atoms with Crippen molar-refractivity contribution in [2.75, 3.05) is 18.1 Å². The molecule has 0 spiro atoms. The third-order valence-corrected chi connectivity index (χ3v) is 7.69. The highest BCUT2D eigenvalue weighted by atomic mass is 35.5. The van der Waals surface area contributed by atoms with Gasteiger partial charge in [0.1, 0.15) is 0 Å². The molecule has 6 nitrogen and oxygen atoms in total. The fourth-order valence-corrected chi connectivity index (χ4v) is 6.10. The first kappa shape index (κ1) is 22.5. The third kappa shape index (κ3) is 5.11. The molecule has 0 radical (unpaired) electrons. The highest BCUT2D eigenvalue weighted by Gasteiger charge is 2.32. The van der Waals surface area contributed by atoms with Crippen LogP contribution in [0.5, 0.6) is 0 Å². The molecule has 1 saturated heterocycles. The molecule has 29 heavy (non-hydrogen) atoms. The van der Waals surface area contributed by atoms with Gasteiger partial charge in [-0.25, -0.2) is 13.1 Å². The molecular weight excluding hydrogens is 451 g/mol. The minimum Gasteiger partial charge on any atom is -0.296 e. The van der Waals surface area contributed by atoms with Crippen LogP contribution in [0.1, 0.15) is 19.8 Å². The van der Waals surface area contributed by atoms with E-state index in [-0.39, 0.29) is 17.5 Å². The number of allylic oxidation sites excluding steroid dienone is 1. The number of benzene rings is 1. The number of rotatable bonds is 8. The van der Waals surface area contributed by atoms with Gasteiger partial charge >= 0.3 is 0 Å². The quantitative estimate of drug-likeness (QED) is 0.418. The van der Waals surface area contributed by atoms with Crippen LogP contribution in [-0.4, -0.2) is 51.8 Å². The summed E-state index contributed by atoms with van der Waals surface area (Å²) in [6.45, 7) is 7.57. The normalized spacial score (nSPS) is 18.4. The molecule has 1 atom stereocenters. The summed E-state index contributed by atoms with van der Waals surface area (Å²) in [6, 6.07) is 5.23. The molecule has 10 heteroatoms. The summed E-state index contributed by atoms with van der Waals surface area (Å²) in [4.78, 5) is 2.15. The van der Waals surface area contributed by atoms with Crippen molar-refractivity contribution in [3.8, 4) is 11.4 Å². The van der Waals surface area contributed by atoms with Crippen molar-refractivity contribution in [3.63, 3.8) is 0 Å².